The van der Waals surface area contributed by atoms with Gasteiger partial charge in [0.15, 0.2) is 0 Å². The zero-order valence-electron chi connectivity index (χ0n) is 41.0. The van der Waals surface area contributed by atoms with Crippen LogP contribution in [-0.4, -0.2) is 0 Å². The highest BCUT2D eigenvalue weighted by Gasteiger charge is 2.23. The first kappa shape index (κ1) is 43.8. The van der Waals surface area contributed by atoms with Gasteiger partial charge >= 0.3 is 0 Å². The Morgan fingerprint density at radius 3 is 1.43 bits per heavy atom. The largest absolute Gasteiger partial charge is 0.456 e. The first-order valence-corrected chi connectivity index (χ1v) is 25.6. The Hall–Kier alpha value is -9.96. The Morgan fingerprint density at radius 1 is 0.213 bits per heavy atom. The van der Waals surface area contributed by atoms with Crippen LogP contribution < -0.4 is 9.80 Å². The summed E-state index contributed by atoms with van der Waals surface area (Å²) >= 11 is 0. The molecule has 14 rings (SSSR count). The minimum absolute atomic E-state index is 0.886. The molecule has 3 nitrogen and oxygen atoms in total. The van der Waals surface area contributed by atoms with Crippen LogP contribution in [0.2, 0.25) is 0 Å². The number of hydrogen-bond acceptors (Lipinski definition) is 3. The SMILES string of the molecule is c1ccc(-c2ccc(-c3ccc(N(c4cccc(-c5ccccc5N(c5ccc6ccccc6c5)c5ccc(-c6ccc7c(c6)oc6ccccc67)c6ccccc56)c4)c4ccc5ccccc5c4)cc3)cc2)cc1. The molecule has 3 heteroatoms. The van der Waals surface area contributed by atoms with Crippen molar-refractivity contribution in [2.24, 2.45) is 0 Å². The molecule has 0 radical (unpaired) electrons. The summed E-state index contributed by atoms with van der Waals surface area (Å²) < 4.78 is 6.41. The molecule has 0 aliphatic heterocycles. The molecule has 0 atom stereocenters. The van der Waals surface area contributed by atoms with Crippen molar-refractivity contribution in [3.63, 3.8) is 0 Å². The molecule has 0 spiro atoms. The Morgan fingerprint density at radius 2 is 0.707 bits per heavy atom. The highest BCUT2D eigenvalue weighted by molar-refractivity contribution is 6.10. The summed E-state index contributed by atoms with van der Waals surface area (Å²) in [6.07, 6.45) is 0. The van der Waals surface area contributed by atoms with Crippen molar-refractivity contribution in [3.05, 3.63) is 291 Å². The van der Waals surface area contributed by atoms with Crippen molar-refractivity contribution in [1.82, 2.24) is 0 Å². The number of para-hydroxylation sites is 2. The molecule has 0 saturated carbocycles. The van der Waals surface area contributed by atoms with Gasteiger partial charge in [0.2, 0.25) is 0 Å². The third-order valence-electron chi connectivity index (χ3n) is 14.8. The summed E-state index contributed by atoms with van der Waals surface area (Å²) in [6.45, 7) is 0. The van der Waals surface area contributed by atoms with E-state index in [1.54, 1.807) is 0 Å². The number of furan rings is 1. The molecule has 0 amide bonds. The molecule has 0 N–H and O–H groups in total. The summed E-state index contributed by atoms with van der Waals surface area (Å²) in [7, 11) is 0. The van der Waals surface area contributed by atoms with Crippen LogP contribution in [0.3, 0.4) is 0 Å². The van der Waals surface area contributed by atoms with E-state index in [4.69, 9.17) is 4.42 Å². The third kappa shape index (κ3) is 8.04. The van der Waals surface area contributed by atoms with Crippen molar-refractivity contribution in [2.75, 3.05) is 9.80 Å². The lowest BCUT2D eigenvalue weighted by atomic mass is 9.94. The molecule has 352 valence electrons. The van der Waals surface area contributed by atoms with Gasteiger partial charge in [-0.2, -0.15) is 0 Å². The van der Waals surface area contributed by atoms with Crippen molar-refractivity contribution in [2.45, 2.75) is 0 Å². The van der Waals surface area contributed by atoms with Crippen molar-refractivity contribution in [3.8, 4) is 44.5 Å². The first-order valence-electron chi connectivity index (χ1n) is 25.6. The van der Waals surface area contributed by atoms with Crippen LogP contribution in [0.4, 0.5) is 34.1 Å². The standard InChI is InChI=1S/C72H48N2O/c1-2-15-49(16-3-1)52-29-31-53(32-30-52)54-33-38-59(39-34-54)73(61-40-35-50-17-4-6-19-55(50)45-61)60-22-14-21-57(47-60)64-23-10-12-27-69(64)74(62-41-36-51-18-5-7-20-56(51)46-62)70-44-43-63(65-24-8-9-25-66(65)70)58-37-42-68-67-26-11-13-28-71(67)75-72(68)48-58/h1-48H. The van der Waals surface area contributed by atoms with E-state index in [0.717, 1.165) is 89.1 Å². The van der Waals surface area contributed by atoms with E-state index < -0.39 is 0 Å². The van der Waals surface area contributed by atoms with Gasteiger partial charge in [0.25, 0.3) is 0 Å². The van der Waals surface area contributed by atoms with Gasteiger partial charge in [0.1, 0.15) is 11.2 Å². The molecular weight excluding hydrogens is 909 g/mol. The average Bonchev–Trinajstić information content (AvgIpc) is 3.86. The highest BCUT2D eigenvalue weighted by Crippen LogP contribution is 2.47. The average molecular weight is 957 g/mol. The Kier molecular flexibility index (Phi) is 10.8. The zero-order chi connectivity index (χ0) is 49.7. The van der Waals surface area contributed by atoms with Gasteiger partial charge in [-0.15, -0.1) is 0 Å². The van der Waals surface area contributed by atoms with Gasteiger partial charge in [-0.05, 0) is 145 Å². The number of fused-ring (bicyclic) bond motifs is 6. The van der Waals surface area contributed by atoms with Gasteiger partial charge in [-0.1, -0.05) is 212 Å². The summed E-state index contributed by atoms with van der Waals surface area (Å²) in [5.74, 6) is 0. The molecule has 0 bridgehead atoms. The Bertz CT molecular complexity index is 4420. The second kappa shape index (κ2) is 18.6. The fourth-order valence-corrected chi connectivity index (χ4v) is 11.1. The highest BCUT2D eigenvalue weighted by atomic mass is 16.3. The lowest BCUT2D eigenvalue weighted by Crippen LogP contribution is -2.12. The van der Waals surface area contributed by atoms with Crippen LogP contribution in [0.1, 0.15) is 0 Å². The molecule has 0 fully saturated rings. The minimum Gasteiger partial charge on any atom is -0.456 e. The number of anilines is 6. The molecule has 1 aromatic heterocycles. The fourth-order valence-electron chi connectivity index (χ4n) is 11.1. The van der Waals surface area contributed by atoms with Gasteiger partial charge < -0.3 is 14.2 Å². The van der Waals surface area contributed by atoms with Crippen LogP contribution in [0.5, 0.6) is 0 Å². The maximum Gasteiger partial charge on any atom is 0.136 e. The van der Waals surface area contributed by atoms with E-state index in [0.29, 0.717) is 0 Å². The maximum absolute atomic E-state index is 6.41. The van der Waals surface area contributed by atoms with Gasteiger partial charge in [-0.25, -0.2) is 0 Å². The number of benzene rings is 13. The fraction of sp³-hybridized carbons (Fsp3) is 0. The van der Waals surface area contributed by atoms with Crippen LogP contribution in [0.15, 0.2) is 296 Å². The molecule has 0 aliphatic rings. The molecular formula is C72H48N2O. The minimum atomic E-state index is 0.886. The second-order valence-corrected chi connectivity index (χ2v) is 19.3. The van der Waals surface area contributed by atoms with Gasteiger partial charge in [0.05, 0.1) is 11.4 Å². The number of nitrogens with zero attached hydrogens (tertiary/aromatic N) is 2. The van der Waals surface area contributed by atoms with Crippen LogP contribution in [0.25, 0.3) is 98.8 Å². The summed E-state index contributed by atoms with van der Waals surface area (Å²) in [5, 5.41) is 9.35. The van der Waals surface area contributed by atoms with E-state index in [9.17, 15) is 0 Å². The van der Waals surface area contributed by atoms with E-state index in [1.807, 2.05) is 12.1 Å². The first-order chi connectivity index (χ1) is 37.2. The molecule has 75 heavy (non-hydrogen) atoms. The summed E-state index contributed by atoms with van der Waals surface area (Å²) in [6, 6.07) is 105. The van der Waals surface area contributed by atoms with E-state index in [-0.39, 0.29) is 0 Å². The Balaban J connectivity index is 0.897. The smallest absolute Gasteiger partial charge is 0.136 e. The van der Waals surface area contributed by atoms with Gasteiger partial charge in [-0.3, -0.25) is 0 Å². The molecule has 14 aromatic rings. The second-order valence-electron chi connectivity index (χ2n) is 19.3. The predicted octanol–water partition coefficient (Wildman–Crippen LogP) is 20.7. The Labute approximate surface area is 436 Å². The monoisotopic (exact) mass is 956 g/mol. The zero-order valence-corrected chi connectivity index (χ0v) is 41.0. The lowest BCUT2D eigenvalue weighted by Gasteiger charge is -2.30. The molecule has 0 saturated heterocycles. The summed E-state index contributed by atoms with van der Waals surface area (Å²) in [5.41, 5.74) is 17.5. The van der Waals surface area contributed by atoms with E-state index in [1.165, 1.54) is 43.8 Å². The predicted molar refractivity (Wildman–Crippen MR) is 317 cm³/mol. The number of rotatable bonds is 10. The number of hydrogen-bond donors (Lipinski definition) is 0. The van der Waals surface area contributed by atoms with Crippen molar-refractivity contribution >= 4 is 88.4 Å². The van der Waals surface area contributed by atoms with Crippen molar-refractivity contribution < 1.29 is 4.42 Å². The summed E-state index contributed by atoms with van der Waals surface area (Å²) in [4.78, 5) is 4.84. The lowest BCUT2D eigenvalue weighted by molar-refractivity contribution is 0.669. The maximum atomic E-state index is 6.41. The molecule has 0 unspecified atom stereocenters. The van der Waals surface area contributed by atoms with Gasteiger partial charge in [0, 0.05) is 44.5 Å². The normalized spacial score (nSPS) is 11.5. The van der Waals surface area contributed by atoms with Crippen LogP contribution in [-0.2, 0) is 0 Å². The molecule has 1 heterocycles. The molecule has 0 aliphatic carbocycles. The quantitative estimate of drug-likeness (QED) is 0.136. The van der Waals surface area contributed by atoms with Crippen molar-refractivity contribution in [1.29, 1.82) is 0 Å². The van der Waals surface area contributed by atoms with E-state index in [2.05, 4.69) is 289 Å². The van der Waals surface area contributed by atoms with Crippen LogP contribution >= 0.6 is 0 Å². The van der Waals surface area contributed by atoms with E-state index >= 15 is 0 Å². The third-order valence-corrected chi connectivity index (χ3v) is 14.8. The topological polar surface area (TPSA) is 19.6 Å². The molecule has 13 aromatic carbocycles. The van der Waals surface area contributed by atoms with Crippen LogP contribution in [0, 0.1) is 0 Å².